The number of aliphatic hydroxyl groups is 2. The minimum absolute atomic E-state index is 0.0312. The average Bonchev–Trinajstić information content (AvgIpc) is 2.87. The van der Waals surface area contributed by atoms with Crippen LogP contribution in [0.25, 0.3) is 0 Å². The van der Waals surface area contributed by atoms with E-state index < -0.39 is 24.4 Å². The van der Waals surface area contributed by atoms with Crippen molar-refractivity contribution in [3.63, 3.8) is 0 Å². The van der Waals surface area contributed by atoms with E-state index in [1.165, 1.54) is 6.08 Å². The summed E-state index contributed by atoms with van der Waals surface area (Å²) < 4.78 is 17.9. The number of ether oxygens (including phenoxy) is 3. The van der Waals surface area contributed by atoms with Gasteiger partial charge in [0, 0.05) is 0 Å². The van der Waals surface area contributed by atoms with Gasteiger partial charge in [0.25, 0.3) is 0 Å². The van der Waals surface area contributed by atoms with Crippen LogP contribution in [-0.2, 0) is 34.0 Å². The van der Waals surface area contributed by atoms with Crippen molar-refractivity contribution in [1.82, 2.24) is 0 Å². The molecule has 0 saturated carbocycles. The van der Waals surface area contributed by atoms with E-state index in [4.69, 9.17) is 14.2 Å². The quantitative estimate of drug-likeness (QED) is 0.360. The Hall–Kier alpha value is -2.80. The Kier molecular flexibility index (Phi) is 10.3. The second-order valence-corrected chi connectivity index (χ2v) is 7.82. The minimum Gasteiger partial charge on any atom is -0.388 e. The molecule has 0 heterocycles. The van der Waals surface area contributed by atoms with Crippen LogP contribution in [-0.4, -0.2) is 41.2 Å². The maximum absolute atomic E-state index is 11.0. The van der Waals surface area contributed by atoms with Gasteiger partial charge in [0.2, 0.25) is 0 Å². The van der Waals surface area contributed by atoms with Gasteiger partial charge in [0.1, 0.15) is 24.4 Å². The van der Waals surface area contributed by atoms with E-state index in [1.54, 1.807) is 0 Å². The molecule has 3 aromatic carbocycles. The fourth-order valence-electron chi connectivity index (χ4n) is 3.45. The lowest BCUT2D eigenvalue weighted by molar-refractivity contribution is -0.168. The lowest BCUT2D eigenvalue weighted by atomic mass is 10.0. The largest absolute Gasteiger partial charge is 0.388 e. The zero-order valence-electron chi connectivity index (χ0n) is 18.7. The van der Waals surface area contributed by atoms with Gasteiger partial charge >= 0.3 is 0 Å². The number of rotatable bonds is 14. The molecule has 0 saturated heterocycles. The first-order valence-corrected chi connectivity index (χ1v) is 11.1. The number of benzene rings is 3. The molecule has 0 radical (unpaired) electrons. The molecule has 2 N–H and O–H groups in total. The van der Waals surface area contributed by atoms with Gasteiger partial charge in [0.15, 0.2) is 0 Å². The third kappa shape index (κ3) is 8.24. The van der Waals surface area contributed by atoms with Crippen molar-refractivity contribution in [3.8, 4) is 0 Å². The Labute approximate surface area is 195 Å². The van der Waals surface area contributed by atoms with Crippen LogP contribution in [0.15, 0.2) is 104 Å². The molecule has 4 atom stereocenters. The lowest BCUT2D eigenvalue weighted by Gasteiger charge is -2.33. The molecule has 0 amide bonds. The third-order valence-corrected chi connectivity index (χ3v) is 5.25. The summed E-state index contributed by atoms with van der Waals surface area (Å²) in [5.74, 6) is 0. The van der Waals surface area contributed by atoms with E-state index in [0.717, 1.165) is 16.7 Å². The van der Waals surface area contributed by atoms with Gasteiger partial charge in [-0.1, -0.05) is 97.1 Å². The Morgan fingerprint density at radius 3 is 1.52 bits per heavy atom. The Balaban J connectivity index is 1.70. The molecule has 5 heteroatoms. The molecule has 174 valence electrons. The van der Waals surface area contributed by atoms with Crippen LogP contribution in [0.4, 0.5) is 0 Å². The summed E-state index contributed by atoms with van der Waals surface area (Å²) in [5.41, 5.74) is 2.92. The summed E-state index contributed by atoms with van der Waals surface area (Å²) in [6, 6.07) is 29.1. The van der Waals surface area contributed by atoms with Crippen LogP contribution in [0.3, 0.4) is 0 Å². The molecule has 3 rings (SSSR count). The molecular formula is C28H32O5. The predicted octanol–water partition coefficient (Wildman–Crippen LogP) is 4.28. The summed E-state index contributed by atoms with van der Waals surface area (Å²) >= 11 is 0. The predicted molar refractivity (Wildman–Crippen MR) is 128 cm³/mol. The second kappa shape index (κ2) is 13.7. The van der Waals surface area contributed by atoms with E-state index in [1.807, 2.05) is 91.0 Å². The van der Waals surface area contributed by atoms with Crippen molar-refractivity contribution in [2.24, 2.45) is 0 Å². The van der Waals surface area contributed by atoms with E-state index >= 15 is 0 Å². The third-order valence-electron chi connectivity index (χ3n) is 5.25. The average molecular weight is 449 g/mol. The molecular weight excluding hydrogens is 416 g/mol. The Bertz CT molecular complexity index is 917. The molecule has 0 aliphatic carbocycles. The highest BCUT2D eigenvalue weighted by Crippen LogP contribution is 2.19. The van der Waals surface area contributed by atoms with Gasteiger partial charge in [-0.2, -0.15) is 0 Å². The lowest BCUT2D eigenvalue weighted by Crippen LogP contribution is -2.48. The number of hydrogen-bond donors (Lipinski definition) is 2. The molecule has 0 aromatic heterocycles. The van der Waals surface area contributed by atoms with Crippen molar-refractivity contribution in [2.75, 3.05) is 6.61 Å². The maximum atomic E-state index is 11.0. The minimum atomic E-state index is -1.03. The molecule has 0 bridgehead atoms. The number of hydrogen-bond acceptors (Lipinski definition) is 5. The van der Waals surface area contributed by atoms with Crippen molar-refractivity contribution in [1.29, 1.82) is 0 Å². The van der Waals surface area contributed by atoms with Gasteiger partial charge in [-0.05, 0) is 16.7 Å². The number of aliphatic hydroxyl groups excluding tert-OH is 2. The van der Waals surface area contributed by atoms with E-state index in [0.29, 0.717) is 6.61 Å². The van der Waals surface area contributed by atoms with Gasteiger partial charge in [-0.15, -0.1) is 6.58 Å². The molecule has 0 aliphatic rings. The standard InChI is InChI=1S/C28H32O5/c1-2-25(29)27(32-19-23-14-8-4-9-15-23)28(33-20-24-16-10-5-11-17-24)26(30)21-31-18-22-12-6-3-7-13-22/h2-17,25-30H,1,18-21H2/t25-,26+,27+,28?/m0/s1. The van der Waals surface area contributed by atoms with E-state index in [9.17, 15) is 10.2 Å². The first-order valence-electron chi connectivity index (χ1n) is 11.1. The summed E-state index contributed by atoms with van der Waals surface area (Å²) in [7, 11) is 0. The van der Waals surface area contributed by atoms with Crippen LogP contribution in [0.1, 0.15) is 16.7 Å². The highest BCUT2D eigenvalue weighted by atomic mass is 16.6. The fraction of sp³-hybridized carbons (Fsp3) is 0.286. The van der Waals surface area contributed by atoms with Gasteiger partial charge in [0.05, 0.1) is 26.4 Å². The van der Waals surface area contributed by atoms with Crippen molar-refractivity contribution < 1.29 is 24.4 Å². The van der Waals surface area contributed by atoms with Crippen molar-refractivity contribution in [2.45, 2.75) is 44.2 Å². The molecule has 1 unspecified atom stereocenters. The maximum Gasteiger partial charge on any atom is 0.116 e. The van der Waals surface area contributed by atoms with Crippen molar-refractivity contribution in [3.05, 3.63) is 120 Å². The normalized spacial score (nSPS) is 14.8. The van der Waals surface area contributed by atoms with Crippen LogP contribution < -0.4 is 0 Å². The molecule has 5 nitrogen and oxygen atoms in total. The summed E-state index contributed by atoms with van der Waals surface area (Å²) in [6.07, 6.45) is -2.32. The monoisotopic (exact) mass is 448 g/mol. The van der Waals surface area contributed by atoms with Crippen LogP contribution >= 0.6 is 0 Å². The zero-order valence-corrected chi connectivity index (χ0v) is 18.7. The molecule has 0 spiro atoms. The summed E-state index contributed by atoms with van der Waals surface area (Å²) in [5, 5.41) is 21.6. The highest BCUT2D eigenvalue weighted by Gasteiger charge is 2.34. The summed E-state index contributed by atoms with van der Waals surface area (Å²) in [6.45, 7) is 4.62. The Morgan fingerprint density at radius 1 is 0.636 bits per heavy atom. The van der Waals surface area contributed by atoms with Gasteiger partial charge in [-0.25, -0.2) is 0 Å². The first kappa shape index (κ1) is 24.8. The van der Waals surface area contributed by atoms with Gasteiger partial charge in [-0.3, -0.25) is 0 Å². The van der Waals surface area contributed by atoms with Crippen LogP contribution in [0, 0.1) is 0 Å². The Morgan fingerprint density at radius 2 is 1.06 bits per heavy atom. The van der Waals surface area contributed by atoms with Crippen LogP contribution in [0.2, 0.25) is 0 Å². The van der Waals surface area contributed by atoms with Crippen LogP contribution in [0.5, 0.6) is 0 Å². The van der Waals surface area contributed by atoms with E-state index in [2.05, 4.69) is 6.58 Å². The molecule has 0 aliphatic heterocycles. The molecule has 33 heavy (non-hydrogen) atoms. The smallest absolute Gasteiger partial charge is 0.116 e. The van der Waals surface area contributed by atoms with E-state index in [-0.39, 0.29) is 19.8 Å². The summed E-state index contributed by atoms with van der Waals surface area (Å²) in [4.78, 5) is 0. The first-order chi connectivity index (χ1) is 16.2. The molecule has 0 fully saturated rings. The second-order valence-electron chi connectivity index (χ2n) is 7.82. The van der Waals surface area contributed by atoms with Crippen molar-refractivity contribution >= 4 is 0 Å². The van der Waals surface area contributed by atoms with Gasteiger partial charge < -0.3 is 24.4 Å². The fourth-order valence-corrected chi connectivity index (χ4v) is 3.45. The topological polar surface area (TPSA) is 68.2 Å². The SMILES string of the molecule is C=C[C@H](O)[C@@H](OCc1ccccc1)C(OCc1ccccc1)[C@H](O)COCc1ccccc1. The molecule has 3 aromatic rings. The zero-order chi connectivity index (χ0) is 23.3. The highest BCUT2D eigenvalue weighted by molar-refractivity contribution is 5.15.